The molecule has 0 radical (unpaired) electrons. The zero-order valence-corrected chi connectivity index (χ0v) is 13.5. The first kappa shape index (κ1) is 16.3. The highest BCUT2D eigenvalue weighted by atomic mass is 16.5. The molecule has 5 heteroatoms. The average Bonchev–Trinajstić information content (AvgIpc) is 3.10. The van der Waals surface area contributed by atoms with Crippen molar-refractivity contribution in [3.63, 3.8) is 0 Å². The van der Waals surface area contributed by atoms with E-state index in [0.29, 0.717) is 19.3 Å². The van der Waals surface area contributed by atoms with Gasteiger partial charge in [-0.2, -0.15) is 0 Å². The number of hydrogen-bond acceptors (Lipinski definition) is 4. The smallest absolute Gasteiger partial charge is 0.241 e. The molecule has 3 rings (SSSR count). The molecule has 3 N–H and O–H groups in total. The van der Waals surface area contributed by atoms with Crippen molar-refractivity contribution in [2.75, 3.05) is 18.5 Å². The minimum absolute atomic E-state index is 0.124. The van der Waals surface area contributed by atoms with Crippen molar-refractivity contribution >= 4 is 11.6 Å². The van der Waals surface area contributed by atoms with Gasteiger partial charge in [-0.3, -0.25) is 4.79 Å². The van der Waals surface area contributed by atoms with Crippen LogP contribution in [0.1, 0.15) is 38.5 Å². The van der Waals surface area contributed by atoms with Gasteiger partial charge in [-0.15, -0.1) is 0 Å². The van der Waals surface area contributed by atoms with Gasteiger partial charge in [0, 0.05) is 18.9 Å². The van der Waals surface area contributed by atoms with Crippen molar-refractivity contribution in [1.82, 2.24) is 0 Å². The molecule has 1 atom stereocenters. The summed E-state index contributed by atoms with van der Waals surface area (Å²) in [6.45, 7) is 1.39. The minimum Gasteiger partial charge on any atom is -0.490 e. The molecule has 2 fully saturated rings. The van der Waals surface area contributed by atoms with Gasteiger partial charge in [0.25, 0.3) is 0 Å². The van der Waals surface area contributed by atoms with Crippen LogP contribution in [0.4, 0.5) is 5.69 Å². The van der Waals surface area contributed by atoms with Crippen LogP contribution in [0.25, 0.3) is 0 Å². The molecule has 2 aliphatic rings. The van der Waals surface area contributed by atoms with E-state index in [1.165, 1.54) is 12.8 Å². The first-order valence-corrected chi connectivity index (χ1v) is 8.63. The number of benzene rings is 1. The van der Waals surface area contributed by atoms with Gasteiger partial charge < -0.3 is 20.5 Å². The summed E-state index contributed by atoms with van der Waals surface area (Å²) in [6.07, 6.45) is 6.83. The summed E-state index contributed by atoms with van der Waals surface area (Å²) in [4.78, 5) is 12.3. The summed E-state index contributed by atoms with van der Waals surface area (Å²) < 4.78 is 11.2. The van der Waals surface area contributed by atoms with E-state index in [1.54, 1.807) is 0 Å². The average molecular weight is 318 g/mol. The molecular weight excluding hydrogens is 292 g/mol. The lowest BCUT2D eigenvalue weighted by molar-refractivity contribution is -0.119. The van der Waals surface area contributed by atoms with Crippen LogP contribution in [0.3, 0.4) is 0 Å². The maximum Gasteiger partial charge on any atom is 0.241 e. The van der Waals surface area contributed by atoms with Crippen LogP contribution in [0.15, 0.2) is 24.3 Å². The number of rotatable bonds is 5. The second kappa shape index (κ2) is 7.79. The highest BCUT2D eigenvalue weighted by molar-refractivity contribution is 5.94. The topological polar surface area (TPSA) is 73.6 Å². The lowest BCUT2D eigenvalue weighted by Gasteiger charge is -2.26. The summed E-state index contributed by atoms with van der Waals surface area (Å²) >= 11 is 0. The van der Waals surface area contributed by atoms with Crippen LogP contribution in [0.5, 0.6) is 5.75 Å². The second-order valence-corrected chi connectivity index (χ2v) is 6.51. The highest BCUT2D eigenvalue weighted by Crippen LogP contribution is 2.25. The van der Waals surface area contributed by atoms with Crippen LogP contribution >= 0.6 is 0 Å². The second-order valence-electron chi connectivity index (χ2n) is 6.51. The molecule has 1 aliphatic heterocycles. The zero-order chi connectivity index (χ0) is 16.1. The summed E-state index contributed by atoms with van der Waals surface area (Å²) in [5.41, 5.74) is 6.85. The zero-order valence-electron chi connectivity index (χ0n) is 13.5. The van der Waals surface area contributed by atoms with E-state index in [1.807, 2.05) is 24.3 Å². The maximum absolute atomic E-state index is 12.3. The van der Waals surface area contributed by atoms with Crippen molar-refractivity contribution in [2.24, 2.45) is 11.7 Å². The van der Waals surface area contributed by atoms with Gasteiger partial charge in [-0.1, -0.05) is 0 Å². The molecule has 5 nitrogen and oxygen atoms in total. The standard InChI is InChI=1S/C18H26N2O3/c19-17(13-9-11-22-12-10-13)18(21)20-14-5-7-16(8-6-14)23-15-3-1-2-4-15/h5-8,13,15,17H,1-4,9-12,19H2,(H,20,21). The van der Waals surface area contributed by atoms with Crippen LogP contribution < -0.4 is 15.8 Å². The van der Waals surface area contributed by atoms with Crippen molar-refractivity contribution in [3.05, 3.63) is 24.3 Å². The number of ether oxygens (including phenoxy) is 2. The van der Waals surface area contributed by atoms with E-state index in [0.717, 1.165) is 37.1 Å². The summed E-state index contributed by atoms with van der Waals surface area (Å²) in [6, 6.07) is 7.09. The fraction of sp³-hybridized carbons (Fsp3) is 0.611. The lowest BCUT2D eigenvalue weighted by Crippen LogP contribution is -2.43. The number of anilines is 1. The number of carbonyl (C=O) groups excluding carboxylic acids is 1. The third-order valence-corrected chi connectivity index (χ3v) is 4.80. The van der Waals surface area contributed by atoms with Crippen LogP contribution in [-0.4, -0.2) is 31.3 Å². The predicted octanol–water partition coefficient (Wildman–Crippen LogP) is 2.70. The molecule has 0 bridgehead atoms. The van der Waals surface area contributed by atoms with E-state index in [9.17, 15) is 4.79 Å². The van der Waals surface area contributed by atoms with Crippen molar-refractivity contribution in [2.45, 2.75) is 50.7 Å². The third-order valence-electron chi connectivity index (χ3n) is 4.80. The Morgan fingerprint density at radius 3 is 2.43 bits per heavy atom. The van der Waals surface area contributed by atoms with Crippen LogP contribution in [-0.2, 0) is 9.53 Å². The molecule has 0 spiro atoms. The molecule has 1 aliphatic carbocycles. The minimum atomic E-state index is -0.478. The Hall–Kier alpha value is -1.59. The molecule has 1 unspecified atom stereocenters. The molecule has 1 amide bonds. The Morgan fingerprint density at radius 1 is 1.13 bits per heavy atom. The molecule has 1 heterocycles. The number of carbonyl (C=O) groups is 1. The largest absolute Gasteiger partial charge is 0.490 e. The third kappa shape index (κ3) is 4.45. The van der Waals surface area contributed by atoms with E-state index in [-0.39, 0.29) is 11.8 Å². The van der Waals surface area contributed by atoms with E-state index < -0.39 is 6.04 Å². The maximum atomic E-state index is 12.3. The molecule has 1 saturated carbocycles. The van der Waals surface area contributed by atoms with Gasteiger partial charge in [0.15, 0.2) is 0 Å². The van der Waals surface area contributed by atoms with Crippen LogP contribution in [0.2, 0.25) is 0 Å². The van der Waals surface area contributed by atoms with E-state index in [2.05, 4.69) is 5.32 Å². The normalized spacial score (nSPS) is 21.1. The van der Waals surface area contributed by atoms with E-state index >= 15 is 0 Å². The molecular formula is C18H26N2O3. The van der Waals surface area contributed by atoms with Gasteiger partial charge in [0.1, 0.15) is 5.75 Å². The van der Waals surface area contributed by atoms with Gasteiger partial charge >= 0.3 is 0 Å². The molecule has 0 aromatic heterocycles. The monoisotopic (exact) mass is 318 g/mol. The summed E-state index contributed by atoms with van der Waals surface area (Å²) in [5.74, 6) is 0.943. The Bertz CT molecular complexity index is 506. The Balaban J connectivity index is 1.51. The quantitative estimate of drug-likeness (QED) is 0.875. The molecule has 126 valence electrons. The fourth-order valence-corrected chi connectivity index (χ4v) is 3.33. The number of nitrogens with two attached hydrogens (primary N) is 1. The fourth-order valence-electron chi connectivity index (χ4n) is 3.33. The van der Waals surface area contributed by atoms with E-state index in [4.69, 9.17) is 15.2 Å². The van der Waals surface area contributed by atoms with Gasteiger partial charge in [-0.05, 0) is 68.7 Å². The van der Waals surface area contributed by atoms with Gasteiger partial charge in [-0.25, -0.2) is 0 Å². The van der Waals surface area contributed by atoms with Crippen molar-refractivity contribution < 1.29 is 14.3 Å². The van der Waals surface area contributed by atoms with Gasteiger partial charge in [0.05, 0.1) is 12.1 Å². The van der Waals surface area contributed by atoms with Crippen molar-refractivity contribution in [3.8, 4) is 5.75 Å². The summed E-state index contributed by atoms with van der Waals surface area (Å²) in [5, 5.41) is 2.90. The first-order chi connectivity index (χ1) is 11.2. The number of hydrogen-bond donors (Lipinski definition) is 2. The Morgan fingerprint density at radius 2 is 1.78 bits per heavy atom. The lowest BCUT2D eigenvalue weighted by atomic mass is 9.92. The van der Waals surface area contributed by atoms with Crippen molar-refractivity contribution in [1.29, 1.82) is 0 Å². The number of amides is 1. The molecule has 1 aromatic carbocycles. The predicted molar refractivity (Wildman–Crippen MR) is 89.5 cm³/mol. The molecule has 1 aromatic rings. The highest BCUT2D eigenvalue weighted by Gasteiger charge is 2.26. The van der Waals surface area contributed by atoms with Gasteiger partial charge in [0.2, 0.25) is 5.91 Å². The Kier molecular flexibility index (Phi) is 5.51. The molecule has 1 saturated heterocycles. The van der Waals surface area contributed by atoms with Crippen LogP contribution in [0, 0.1) is 5.92 Å². The SMILES string of the molecule is NC(C(=O)Nc1ccc(OC2CCCC2)cc1)C1CCOCC1. The molecule has 23 heavy (non-hydrogen) atoms. The first-order valence-electron chi connectivity index (χ1n) is 8.63. The number of nitrogens with one attached hydrogen (secondary N) is 1. The summed E-state index contributed by atoms with van der Waals surface area (Å²) in [7, 11) is 0. The Labute approximate surface area is 137 Å².